The number of nitro groups is 1. The number of hydrazine groups is 1. The molecule has 0 aliphatic carbocycles. The van der Waals surface area contributed by atoms with E-state index in [4.69, 9.17) is 5.11 Å². The van der Waals surface area contributed by atoms with Crippen molar-refractivity contribution in [3.05, 3.63) is 28.6 Å². The normalized spacial score (nSPS) is 9.23. The molecule has 0 aliphatic heterocycles. The highest BCUT2D eigenvalue weighted by atomic mass is 16.7. The number of anilines is 1. The number of hydrogen-bond acceptors (Lipinski definition) is 5. The summed E-state index contributed by atoms with van der Waals surface area (Å²) in [5, 5.41) is 17.3. The van der Waals surface area contributed by atoms with Crippen LogP contribution in [0.25, 0.3) is 0 Å². The molecule has 1 rings (SSSR count). The van der Waals surface area contributed by atoms with E-state index in [9.17, 15) is 14.9 Å². The van der Waals surface area contributed by atoms with Crippen LogP contribution in [0, 0.1) is 10.1 Å². The smallest absolute Gasteiger partial charge is 0.461 e. The molecule has 1 heterocycles. The van der Waals surface area contributed by atoms with Crippen molar-refractivity contribution in [2.24, 2.45) is 0 Å². The number of carboxylic acid groups (broad SMARTS) is 1. The van der Waals surface area contributed by atoms with Crippen LogP contribution >= 0.6 is 0 Å². The van der Waals surface area contributed by atoms with E-state index in [1.807, 2.05) is 0 Å². The third kappa shape index (κ3) is 1.86. The third-order valence-corrected chi connectivity index (χ3v) is 1.09. The van der Waals surface area contributed by atoms with Gasteiger partial charge >= 0.3 is 12.0 Å². The van der Waals surface area contributed by atoms with Crippen LogP contribution in [0.3, 0.4) is 0 Å². The fraction of sp³-hybridized carbons (Fsp3) is 0. The topological polar surface area (TPSA) is 109 Å². The van der Waals surface area contributed by atoms with Crippen LogP contribution in [-0.4, -0.2) is 26.2 Å². The summed E-state index contributed by atoms with van der Waals surface area (Å²) in [6.45, 7) is 0. The average molecular weight is 184 g/mol. The summed E-state index contributed by atoms with van der Waals surface area (Å²) in [5.74, 6) is -0.486. The second-order valence-corrected chi connectivity index (χ2v) is 1.88. The zero-order valence-corrected chi connectivity index (χ0v) is 6.19. The fourth-order valence-electron chi connectivity index (χ4n) is 0.629. The van der Waals surface area contributed by atoms with Gasteiger partial charge in [-0.25, -0.2) is 24.9 Å². The first-order valence-electron chi connectivity index (χ1n) is 3.07. The summed E-state index contributed by atoms with van der Waals surface area (Å²) in [4.78, 5) is 27.4. The van der Waals surface area contributed by atoms with Gasteiger partial charge in [-0.1, -0.05) is 0 Å². The first-order valence-corrected chi connectivity index (χ1v) is 3.07. The van der Waals surface area contributed by atoms with Crippen molar-refractivity contribution >= 4 is 12.0 Å². The molecule has 0 radical (unpaired) electrons. The number of carbonyl (C=O) groups is 1. The summed E-state index contributed by atoms with van der Waals surface area (Å²) >= 11 is 0. The molecular formula is C5H4N4O4. The minimum atomic E-state index is -1.74. The minimum absolute atomic E-state index is 0.167. The number of hydrogen-bond donors (Lipinski definition) is 1. The monoisotopic (exact) mass is 184 g/mol. The van der Waals surface area contributed by atoms with E-state index < -0.39 is 17.1 Å². The molecule has 1 N–H and O–H groups in total. The molecule has 0 aromatic carbocycles. The van der Waals surface area contributed by atoms with Crippen molar-refractivity contribution < 1.29 is 14.9 Å². The Morgan fingerprint density at radius 3 is 2.46 bits per heavy atom. The molecule has 1 aromatic heterocycles. The van der Waals surface area contributed by atoms with Gasteiger partial charge < -0.3 is 5.11 Å². The highest BCUT2D eigenvalue weighted by Gasteiger charge is 2.28. The van der Waals surface area contributed by atoms with Crippen LogP contribution < -0.4 is 5.01 Å². The molecule has 0 unspecified atom stereocenters. The van der Waals surface area contributed by atoms with E-state index in [1.54, 1.807) is 0 Å². The van der Waals surface area contributed by atoms with Crippen molar-refractivity contribution in [2.45, 2.75) is 0 Å². The Balaban J connectivity index is 3.03. The Hall–Kier alpha value is -2.25. The molecule has 0 atom stereocenters. The van der Waals surface area contributed by atoms with Crippen LogP contribution in [-0.2, 0) is 0 Å². The van der Waals surface area contributed by atoms with E-state index in [-0.39, 0.29) is 5.01 Å². The Morgan fingerprint density at radius 1 is 1.54 bits per heavy atom. The summed E-state index contributed by atoms with van der Waals surface area (Å²) in [6.07, 6.45) is 0.681. The van der Waals surface area contributed by atoms with Gasteiger partial charge in [0.05, 0.1) is 5.01 Å². The van der Waals surface area contributed by atoms with Gasteiger partial charge in [-0.3, -0.25) is 0 Å². The summed E-state index contributed by atoms with van der Waals surface area (Å²) in [6, 6.07) is 1.42. The Labute approximate surface area is 71.6 Å². The first-order chi connectivity index (χ1) is 6.13. The fourth-order valence-corrected chi connectivity index (χ4v) is 0.629. The van der Waals surface area contributed by atoms with Crippen LogP contribution in [0.4, 0.5) is 10.7 Å². The SMILES string of the molecule is O=C(O)N(c1ncccn1)[N+](=O)[O-]. The number of amides is 1. The van der Waals surface area contributed by atoms with Crippen molar-refractivity contribution in [3.63, 3.8) is 0 Å². The highest BCUT2D eigenvalue weighted by Crippen LogP contribution is 2.04. The zero-order chi connectivity index (χ0) is 9.84. The molecule has 1 amide bonds. The van der Waals surface area contributed by atoms with Gasteiger partial charge in [0.15, 0.2) is 5.03 Å². The lowest BCUT2D eigenvalue weighted by atomic mass is 10.7. The van der Waals surface area contributed by atoms with Gasteiger partial charge in [-0.15, -0.1) is 0 Å². The molecule has 0 aliphatic rings. The molecule has 68 valence electrons. The second kappa shape index (κ2) is 3.43. The lowest BCUT2D eigenvalue weighted by Gasteiger charge is -2.04. The molecule has 1 aromatic rings. The zero-order valence-electron chi connectivity index (χ0n) is 6.19. The molecular weight excluding hydrogens is 180 g/mol. The molecule has 13 heavy (non-hydrogen) atoms. The van der Waals surface area contributed by atoms with Crippen molar-refractivity contribution in [3.8, 4) is 0 Å². The van der Waals surface area contributed by atoms with Gasteiger partial charge in [0, 0.05) is 12.4 Å². The molecule has 0 spiro atoms. The molecule has 0 fully saturated rings. The Kier molecular flexibility index (Phi) is 2.33. The van der Waals surface area contributed by atoms with Gasteiger partial charge in [-0.2, -0.15) is 0 Å². The minimum Gasteiger partial charge on any atom is -0.461 e. The maximum absolute atomic E-state index is 10.3. The van der Waals surface area contributed by atoms with E-state index >= 15 is 0 Å². The second-order valence-electron chi connectivity index (χ2n) is 1.88. The number of nitrogens with zero attached hydrogens (tertiary/aromatic N) is 4. The van der Waals surface area contributed by atoms with Gasteiger partial charge in [0.2, 0.25) is 0 Å². The summed E-state index contributed by atoms with van der Waals surface area (Å²) in [5.41, 5.74) is 0. The van der Waals surface area contributed by atoms with E-state index in [0.29, 0.717) is 0 Å². The van der Waals surface area contributed by atoms with Gasteiger partial charge in [0.1, 0.15) is 0 Å². The maximum Gasteiger partial charge on any atom is 0.473 e. The van der Waals surface area contributed by atoms with Crippen molar-refractivity contribution in [2.75, 3.05) is 5.01 Å². The Morgan fingerprint density at radius 2 is 2.08 bits per heavy atom. The van der Waals surface area contributed by atoms with E-state index in [2.05, 4.69) is 9.97 Å². The third-order valence-electron chi connectivity index (χ3n) is 1.09. The predicted molar refractivity (Wildman–Crippen MR) is 39.5 cm³/mol. The van der Waals surface area contributed by atoms with Gasteiger partial charge in [0.25, 0.3) is 0 Å². The lowest BCUT2D eigenvalue weighted by molar-refractivity contribution is -0.484. The standard InChI is InChI=1S/C5H4N4O4/c10-5(11)8(9(12)13)4-6-2-1-3-7-4/h1-3H,(H,10,11). The molecule has 0 saturated heterocycles. The average Bonchev–Trinajstić information content (AvgIpc) is 2.04. The van der Waals surface area contributed by atoms with E-state index in [1.165, 1.54) is 18.5 Å². The quantitative estimate of drug-likeness (QED) is 0.517. The Bertz CT molecular complexity index is 313. The predicted octanol–water partition coefficient (Wildman–Crippen LogP) is 0.153. The molecule has 0 saturated carbocycles. The van der Waals surface area contributed by atoms with Crippen LogP contribution in [0.15, 0.2) is 18.5 Å². The van der Waals surface area contributed by atoms with Crippen LogP contribution in [0.1, 0.15) is 0 Å². The van der Waals surface area contributed by atoms with Crippen LogP contribution in [0.5, 0.6) is 0 Å². The highest BCUT2D eigenvalue weighted by molar-refractivity contribution is 5.80. The first kappa shape index (κ1) is 8.84. The molecule has 0 bridgehead atoms. The van der Waals surface area contributed by atoms with Crippen LogP contribution in [0.2, 0.25) is 0 Å². The molecule has 8 nitrogen and oxygen atoms in total. The summed E-state index contributed by atoms with van der Waals surface area (Å²) in [7, 11) is 0. The van der Waals surface area contributed by atoms with Crippen molar-refractivity contribution in [1.29, 1.82) is 0 Å². The number of aromatic nitrogens is 2. The number of rotatable bonds is 2. The van der Waals surface area contributed by atoms with Gasteiger partial charge in [-0.05, 0) is 6.07 Å². The largest absolute Gasteiger partial charge is 0.473 e. The lowest BCUT2D eigenvalue weighted by Crippen LogP contribution is -2.36. The van der Waals surface area contributed by atoms with Crippen molar-refractivity contribution in [1.82, 2.24) is 9.97 Å². The summed E-state index contributed by atoms with van der Waals surface area (Å²) < 4.78 is 0. The van der Waals surface area contributed by atoms with E-state index in [0.717, 1.165) is 0 Å². The maximum atomic E-state index is 10.3. The molecule has 8 heteroatoms.